The van der Waals surface area contributed by atoms with Crippen molar-refractivity contribution in [1.82, 2.24) is 14.9 Å². The third-order valence-corrected chi connectivity index (χ3v) is 4.39. The van der Waals surface area contributed by atoms with Crippen molar-refractivity contribution >= 4 is 5.91 Å². The van der Waals surface area contributed by atoms with Gasteiger partial charge >= 0.3 is 0 Å². The first-order chi connectivity index (χ1) is 11.3. The maximum Gasteiger partial charge on any atom is 0.256 e. The molecule has 1 aliphatic heterocycles. The Labute approximate surface area is 135 Å². The summed E-state index contributed by atoms with van der Waals surface area (Å²) in [5.74, 6) is 1.51. The predicted molar refractivity (Wildman–Crippen MR) is 85.1 cm³/mol. The monoisotopic (exact) mass is 309 g/mol. The molecule has 4 rings (SSSR count). The molecule has 0 saturated heterocycles. The van der Waals surface area contributed by atoms with Gasteiger partial charge in [0, 0.05) is 25.4 Å². The highest BCUT2D eigenvalue weighted by Gasteiger charge is 2.26. The molecule has 3 heterocycles. The van der Waals surface area contributed by atoms with E-state index in [1.807, 2.05) is 29.2 Å². The maximum absolute atomic E-state index is 12.6. The predicted octanol–water partition coefficient (Wildman–Crippen LogP) is 2.46. The Balaban J connectivity index is 1.51. The van der Waals surface area contributed by atoms with Crippen LogP contribution in [0.15, 0.2) is 36.7 Å². The Kier molecular flexibility index (Phi) is 3.69. The average molecular weight is 309 g/mol. The number of hydrogen-bond donors (Lipinski definition) is 0. The molecule has 0 atom stereocenters. The van der Waals surface area contributed by atoms with Crippen LogP contribution >= 0.6 is 0 Å². The fourth-order valence-corrected chi connectivity index (χ4v) is 2.84. The molecule has 1 fully saturated rings. The summed E-state index contributed by atoms with van der Waals surface area (Å²) >= 11 is 0. The molecule has 0 radical (unpaired) electrons. The normalized spacial score (nSPS) is 17.0. The Morgan fingerprint density at radius 2 is 2.00 bits per heavy atom. The van der Waals surface area contributed by atoms with Gasteiger partial charge in [0.15, 0.2) is 0 Å². The van der Waals surface area contributed by atoms with E-state index in [0.29, 0.717) is 24.6 Å². The van der Waals surface area contributed by atoms with Gasteiger partial charge in [-0.05, 0) is 43.0 Å². The third kappa shape index (κ3) is 3.04. The average Bonchev–Trinajstić information content (AvgIpc) is 3.41. The number of pyridine rings is 2. The number of fused-ring (bicyclic) bond motifs is 1. The zero-order chi connectivity index (χ0) is 15.6. The summed E-state index contributed by atoms with van der Waals surface area (Å²) in [4.78, 5) is 23.2. The largest absolute Gasteiger partial charge is 0.491 e. The zero-order valence-corrected chi connectivity index (χ0v) is 12.9. The molecule has 5 heteroatoms. The van der Waals surface area contributed by atoms with Gasteiger partial charge in [0.25, 0.3) is 5.91 Å². The van der Waals surface area contributed by atoms with Gasteiger partial charge in [0.1, 0.15) is 11.4 Å². The van der Waals surface area contributed by atoms with Gasteiger partial charge in [0.2, 0.25) is 0 Å². The quantitative estimate of drug-likeness (QED) is 0.851. The molecule has 118 valence electrons. The Bertz CT molecular complexity index is 728. The van der Waals surface area contributed by atoms with Crippen molar-refractivity contribution in [3.8, 4) is 5.75 Å². The molecule has 23 heavy (non-hydrogen) atoms. The number of amides is 1. The van der Waals surface area contributed by atoms with E-state index in [4.69, 9.17) is 4.74 Å². The maximum atomic E-state index is 12.6. The van der Waals surface area contributed by atoms with Crippen LogP contribution in [0.25, 0.3) is 0 Å². The van der Waals surface area contributed by atoms with Crippen LogP contribution in [0.4, 0.5) is 0 Å². The van der Waals surface area contributed by atoms with Crippen molar-refractivity contribution in [2.45, 2.75) is 25.8 Å². The van der Waals surface area contributed by atoms with Gasteiger partial charge in [0.05, 0.1) is 24.4 Å². The lowest BCUT2D eigenvalue weighted by Gasteiger charge is -2.28. The van der Waals surface area contributed by atoms with E-state index in [-0.39, 0.29) is 5.91 Å². The summed E-state index contributed by atoms with van der Waals surface area (Å²) in [6.45, 7) is 1.90. The van der Waals surface area contributed by atoms with Crippen molar-refractivity contribution in [1.29, 1.82) is 0 Å². The van der Waals surface area contributed by atoms with Gasteiger partial charge in [-0.25, -0.2) is 0 Å². The summed E-state index contributed by atoms with van der Waals surface area (Å²) < 4.78 is 5.89. The van der Waals surface area contributed by atoms with Crippen molar-refractivity contribution in [3.63, 3.8) is 0 Å². The van der Waals surface area contributed by atoms with Crippen molar-refractivity contribution in [3.05, 3.63) is 53.6 Å². The highest BCUT2D eigenvalue weighted by molar-refractivity contribution is 5.96. The van der Waals surface area contributed by atoms with E-state index in [2.05, 4.69) is 9.97 Å². The van der Waals surface area contributed by atoms with Crippen molar-refractivity contribution in [2.24, 2.45) is 5.92 Å². The van der Waals surface area contributed by atoms with Crippen molar-refractivity contribution < 1.29 is 9.53 Å². The minimum Gasteiger partial charge on any atom is -0.491 e. The van der Waals surface area contributed by atoms with Crippen LogP contribution in [0.2, 0.25) is 0 Å². The highest BCUT2D eigenvalue weighted by Crippen LogP contribution is 2.30. The summed E-state index contributed by atoms with van der Waals surface area (Å²) in [6.07, 6.45) is 6.79. The van der Waals surface area contributed by atoms with Gasteiger partial charge in [-0.1, -0.05) is 0 Å². The van der Waals surface area contributed by atoms with E-state index in [0.717, 1.165) is 30.2 Å². The van der Waals surface area contributed by atoms with Crippen LogP contribution in [0.5, 0.6) is 5.75 Å². The number of ether oxygens (including phenoxy) is 1. The number of carbonyl (C=O) groups excluding carboxylic acids is 1. The third-order valence-electron chi connectivity index (χ3n) is 4.39. The standard InChI is InChI=1S/C18H19N3O2/c22-18-14-3-1-8-19-15(14)7-10-21(18)11-16-17(4-2-9-20-16)23-12-13-5-6-13/h1-4,8-9,13H,5-7,10-12H2. The second kappa shape index (κ2) is 5.99. The lowest BCUT2D eigenvalue weighted by atomic mass is 10.0. The van der Waals surface area contributed by atoms with E-state index in [9.17, 15) is 4.79 Å². The smallest absolute Gasteiger partial charge is 0.256 e. The van der Waals surface area contributed by atoms with Gasteiger partial charge in [-0.15, -0.1) is 0 Å². The first-order valence-electron chi connectivity index (χ1n) is 8.11. The second-order valence-electron chi connectivity index (χ2n) is 6.18. The van der Waals surface area contributed by atoms with Gasteiger partial charge in [-0.2, -0.15) is 0 Å². The number of hydrogen-bond acceptors (Lipinski definition) is 4. The van der Waals surface area contributed by atoms with Crippen LogP contribution in [-0.2, 0) is 13.0 Å². The van der Waals surface area contributed by atoms with E-state index >= 15 is 0 Å². The molecule has 2 aliphatic rings. The van der Waals surface area contributed by atoms with Crippen LogP contribution < -0.4 is 4.74 Å². The summed E-state index contributed by atoms with van der Waals surface area (Å²) in [5, 5.41) is 0. The molecule has 0 bridgehead atoms. The van der Waals surface area contributed by atoms with Crippen LogP contribution in [-0.4, -0.2) is 33.9 Å². The number of carbonyl (C=O) groups is 1. The molecule has 0 spiro atoms. The van der Waals surface area contributed by atoms with E-state index in [1.54, 1.807) is 12.4 Å². The Morgan fingerprint density at radius 3 is 2.87 bits per heavy atom. The molecule has 0 unspecified atom stereocenters. The molecule has 1 saturated carbocycles. The Hall–Kier alpha value is -2.43. The van der Waals surface area contributed by atoms with Gasteiger partial charge < -0.3 is 9.64 Å². The molecule has 5 nitrogen and oxygen atoms in total. The van der Waals surface area contributed by atoms with E-state index in [1.165, 1.54) is 12.8 Å². The first kappa shape index (κ1) is 14.2. The summed E-state index contributed by atoms with van der Waals surface area (Å²) in [5.41, 5.74) is 2.42. The van der Waals surface area contributed by atoms with Gasteiger partial charge in [-0.3, -0.25) is 14.8 Å². The molecule has 2 aromatic rings. The first-order valence-corrected chi connectivity index (χ1v) is 8.11. The second-order valence-corrected chi connectivity index (χ2v) is 6.18. The highest BCUT2D eigenvalue weighted by atomic mass is 16.5. The van der Waals surface area contributed by atoms with Crippen LogP contribution in [0.3, 0.4) is 0 Å². The minimum atomic E-state index is 0.0261. The number of aromatic nitrogens is 2. The molecule has 0 N–H and O–H groups in total. The fraction of sp³-hybridized carbons (Fsp3) is 0.389. The Morgan fingerprint density at radius 1 is 1.17 bits per heavy atom. The molecule has 2 aromatic heterocycles. The SMILES string of the molecule is O=C1c2cccnc2CCN1Cc1ncccc1OCC1CC1. The lowest BCUT2D eigenvalue weighted by Crippen LogP contribution is -2.37. The molecule has 0 aromatic carbocycles. The molecular formula is C18H19N3O2. The zero-order valence-electron chi connectivity index (χ0n) is 12.9. The minimum absolute atomic E-state index is 0.0261. The van der Waals surface area contributed by atoms with E-state index < -0.39 is 0 Å². The van der Waals surface area contributed by atoms with Crippen LogP contribution in [0.1, 0.15) is 34.6 Å². The summed E-state index contributed by atoms with van der Waals surface area (Å²) in [7, 11) is 0. The molecular weight excluding hydrogens is 290 g/mol. The van der Waals surface area contributed by atoms with Crippen LogP contribution in [0, 0.1) is 5.92 Å². The topological polar surface area (TPSA) is 55.3 Å². The summed E-state index contributed by atoms with van der Waals surface area (Å²) in [6, 6.07) is 7.47. The number of rotatable bonds is 5. The lowest BCUT2D eigenvalue weighted by molar-refractivity contribution is 0.0721. The van der Waals surface area contributed by atoms with Crippen molar-refractivity contribution in [2.75, 3.05) is 13.2 Å². The number of nitrogens with zero attached hydrogens (tertiary/aromatic N) is 3. The molecule has 1 aliphatic carbocycles. The fourth-order valence-electron chi connectivity index (χ4n) is 2.84. The molecule has 1 amide bonds.